The van der Waals surface area contributed by atoms with E-state index >= 15 is 0 Å². The number of nitrogens with one attached hydrogen (secondary N) is 1. The number of carbonyl (C=O) groups excluding carboxylic acids is 2. The van der Waals surface area contributed by atoms with Crippen molar-refractivity contribution in [2.75, 3.05) is 38.5 Å². The molecule has 172 valence electrons. The van der Waals surface area contributed by atoms with Gasteiger partial charge in [-0.2, -0.15) is 0 Å². The van der Waals surface area contributed by atoms with Gasteiger partial charge in [0.2, 0.25) is 5.43 Å². The molecule has 0 fully saturated rings. The summed E-state index contributed by atoms with van der Waals surface area (Å²) < 4.78 is 33.4. The van der Waals surface area contributed by atoms with Crippen molar-refractivity contribution in [1.82, 2.24) is 14.9 Å². The summed E-state index contributed by atoms with van der Waals surface area (Å²) in [4.78, 5) is 39.4. The topological polar surface area (TPSA) is 104 Å². The van der Waals surface area contributed by atoms with Crippen molar-refractivity contribution in [3.8, 4) is 5.75 Å². The van der Waals surface area contributed by atoms with Crippen molar-refractivity contribution in [2.45, 2.75) is 19.9 Å². The van der Waals surface area contributed by atoms with Crippen LogP contribution in [0.4, 0.5) is 8.78 Å². The third kappa shape index (κ3) is 4.72. The normalized spacial score (nSPS) is 13.3. The van der Waals surface area contributed by atoms with Crippen molar-refractivity contribution in [3.05, 3.63) is 63.1 Å². The van der Waals surface area contributed by atoms with Crippen LogP contribution in [-0.2, 0) is 11.3 Å². The van der Waals surface area contributed by atoms with E-state index in [9.17, 15) is 28.3 Å². The fraction of sp³-hybridized carbons (Fsp3) is 0.381. The highest BCUT2D eigenvalue weighted by Crippen LogP contribution is 2.20. The van der Waals surface area contributed by atoms with E-state index in [0.717, 1.165) is 18.7 Å². The van der Waals surface area contributed by atoms with E-state index in [1.807, 2.05) is 6.92 Å². The summed E-state index contributed by atoms with van der Waals surface area (Å²) >= 11 is 0. The number of nitrogens with zero attached hydrogens (tertiary/aromatic N) is 3. The van der Waals surface area contributed by atoms with Gasteiger partial charge in [-0.05, 0) is 12.5 Å². The van der Waals surface area contributed by atoms with Gasteiger partial charge in [0.1, 0.15) is 23.9 Å². The molecule has 3 rings (SSSR count). The quantitative estimate of drug-likeness (QED) is 0.586. The van der Waals surface area contributed by atoms with E-state index in [1.165, 1.54) is 15.6 Å². The maximum absolute atomic E-state index is 13.8. The highest BCUT2D eigenvalue weighted by Gasteiger charge is 2.33. The molecule has 2 heterocycles. The molecule has 2 amide bonds. The molecule has 1 aliphatic heterocycles. The fourth-order valence-electron chi connectivity index (χ4n) is 3.28. The molecule has 0 spiro atoms. The number of amides is 2. The molecule has 2 aromatic rings. The Kier molecular flexibility index (Phi) is 7.08. The number of pyridine rings is 1. The zero-order chi connectivity index (χ0) is 23.4. The third-order valence-electron chi connectivity index (χ3n) is 4.95. The Labute approximate surface area is 182 Å². The molecular weight excluding hydrogens is 426 g/mol. The van der Waals surface area contributed by atoms with Crippen LogP contribution in [0.2, 0.25) is 0 Å². The SMILES string of the molecule is CCCOCCN1CN(C)n2cc(C(=O)NCc3ccc(F)cc3F)c(=O)c(O)c2C1=O. The maximum Gasteiger partial charge on any atom is 0.277 e. The van der Waals surface area contributed by atoms with Gasteiger partial charge >= 0.3 is 0 Å². The summed E-state index contributed by atoms with van der Waals surface area (Å²) in [6.45, 7) is 2.93. The lowest BCUT2D eigenvalue weighted by Gasteiger charge is -2.37. The minimum Gasteiger partial charge on any atom is -0.502 e. The van der Waals surface area contributed by atoms with Gasteiger partial charge in [0.05, 0.1) is 6.61 Å². The molecular formula is C21H24F2N4O5. The summed E-state index contributed by atoms with van der Waals surface area (Å²) in [5.74, 6) is -3.90. The molecule has 2 N–H and O–H groups in total. The molecule has 1 aromatic carbocycles. The number of hydrogen-bond acceptors (Lipinski definition) is 6. The fourth-order valence-corrected chi connectivity index (χ4v) is 3.28. The minimum atomic E-state index is -1.03. The third-order valence-corrected chi connectivity index (χ3v) is 4.95. The Hall–Kier alpha value is -3.47. The number of benzene rings is 1. The molecule has 0 saturated heterocycles. The lowest BCUT2D eigenvalue weighted by molar-refractivity contribution is 0.0578. The van der Waals surface area contributed by atoms with Gasteiger partial charge < -0.3 is 20.1 Å². The average Bonchev–Trinajstić information content (AvgIpc) is 2.75. The highest BCUT2D eigenvalue weighted by atomic mass is 19.1. The number of halogens is 2. The average molecular weight is 450 g/mol. The van der Waals surface area contributed by atoms with E-state index in [2.05, 4.69) is 5.32 Å². The predicted molar refractivity (Wildman–Crippen MR) is 111 cm³/mol. The van der Waals surface area contributed by atoms with Gasteiger partial charge in [-0.25, -0.2) is 8.78 Å². The smallest absolute Gasteiger partial charge is 0.277 e. The van der Waals surface area contributed by atoms with Crippen molar-refractivity contribution in [3.63, 3.8) is 0 Å². The molecule has 0 aliphatic carbocycles. The van der Waals surface area contributed by atoms with Crippen LogP contribution in [0.25, 0.3) is 0 Å². The van der Waals surface area contributed by atoms with Crippen molar-refractivity contribution in [2.24, 2.45) is 0 Å². The molecule has 0 atom stereocenters. The first-order valence-corrected chi connectivity index (χ1v) is 10.0. The van der Waals surface area contributed by atoms with Crippen LogP contribution >= 0.6 is 0 Å². The van der Waals surface area contributed by atoms with E-state index < -0.39 is 40.2 Å². The first-order valence-electron chi connectivity index (χ1n) is 10.0. The first kappa shape index (κ1) is 23.2. The van der Waals surface area contributed by atoms with Crippen LogP contribution in [0.15, 0.2) is 29.2 Å². The zero-order valence-corrected chi connectivity index (χ0v) is 17.7. The minimum absolute atomic E-state index is 0.0234. The molecule has 0 saturated carbocycles. The summed E-state index contributed by atoms with van der Waals surface area (Å²) in [5.41, 5.74) is -1.69. The first-order chi connectivity index (χ1) is 15.2. The molecule has 0 radical (unpaired) electrons. The van der Waals surface area contributed by atoms with E-state index in [-0.39, 0.29) is 31.0 Å². The Morgan fingerprint density at radius 2 is 2.00 bits per heavy atom. The summed E-state index contributed by atoms with van der Waals surface area (Å²) in [7, 11) is 1.62. The number of aromatic nitrogens is 1. The van der Waals surface area contributed by atoms with Gasteiger partial charge in [-0.3, -0.25) is 24.1 Å². The van der Waals surface area contributed by atoms with Crippen LogP contribution in [-0.4, -0.2) is 60.0 Å². The largest absolute Gasteiger partial charge is 0.502 e. The van der Waals surface area contributed by atoms with Crippen molar-refractivity contribution < 1.29 is 28.2 Å². The van der Waals surface area contributed by atoms with Crippen molar-refractivity contribution in [1.29, 1.82) is 0 Å². The number of carbonyl (C=O) groups is 2. The van der Waals surface area contributed by atoms with Gasteiger partial charge in [0, 0.05) is 44.6 Å². The summed E-state index contributed by atoms with van der Waals surface area (Å²) in [6.07, 6.45) is 1.99. The molecule has 1 aromatic heterocycles. The lowest BCUT2D eigenvalue weighted by atomic mass is 10.1. The van der Waals surface area contributed by atoms with Gasteiger partial charge in [0.15, 0.2) is 11.4 Å². The number of rotatable bonds is 8. The van der Waals surface area contributed by atoms with Crippen LogP contribution in [0.3, 0.4) is 0 Å². The standard InChI is InChI=1S/C21H24F2N4O5/c1-3-7-32-8-6-26-12-25(2)27-11-15(18(28)19(29)17(27)21(26)31)20(30)24-10-13-4-5-14(22)9-16(13)23/h4-5,9,11,29H,3,6-8,10,12H2,1-2H3,(H,24,30). The Morgan fingerprint density at radius 1 is 1.25 bits per heavy atom. The van der Waals surface area contributed by atoms with Crippen LogP contribution < -0.4 is 15.8 Å². The zero-order valence-electron chi connectivity index (χ0n) is 17.7. The van der Waals surface area contributed by atoms with Crippen LogP contribution in [0.5, 0.6) is 5.75 Å². The molecule has 32 heavy (non-hydrogen) atoms. The Balaban J connectivity index is 1.81. The van der Waals surface area contributed by atoms with Crippen molar-refractivity contribution >= 4 is 11.8 Å². The number of aromatic hydroxyl groups is 1. The Bertz CT molecular complexity index is 1090. The molecule has 0 unspecified atom stereocenters. The van der Waals surface area contributed by atoms with Gasteiger partial charge in [0.25, 0.3) is 11.8 Å². The number of hydrogen-bond donors (Lipinski definition) is 2. The second-order valence-corrected chi connectivity index (χ2v) is 7.31. The maximum atomic E-state index is 13.8. The lowest BCUT2D eigenvalue weighted by Crippen LogP contribution is -2.53. The number of ether oxygens (including phenoxy) is 1. The van der Waals surface area contributed by atoms with Crippen LogP contribution in [0.1, 0.15) is 39.8 Å². The van der Waals surface area contributed by atoms with E-state index in [4.69, 9.17) is 4.74 Å². The predicted octanol–water partition coefficient (Wildman–Crippen LogP) is 1.17. The molecule has 9 nitrogen and oxygen atoms in total. The summed E-state index contributed by atoms with van der Waals surface area (Å²) in [6, 6.07) is 2.90. The molecule has 0 bridgehead atoms. The van der Waals surface area contributed by atoms with Gasteiger partial charge in [-0.15, -0.1) is 0 Å². The highest BCUT2D eigenvalue weighted by molar-refractivity contribution is 5.99. The summed E-state index contributed by atoms with van der Waals surface area (Å²) in [5, 5.41) is 14.3. The van der Waals surface area contributed by atoms with E-state index in [0.29, 0.717) is 19.3 Å². The molecule has 1 aliphatic rings. The Morgan fingerprint density at radius 3 is 2.69 bits per heavy atom. The second-order valence-electron chi connectivity index (χ2n) is 7.31. The van der Waals surface area contributed by atoms with Gasteiger partial charge in [-0.1, -0.05) is 13.0 Å². The molecule has 11 heteroatoms. The second kappa shape index (κ2) is 9.77. The monoisotopic (exact) mass is 450 g/mol. The van der Waals surface area contributed by atoms with E-state index in [1.54, 1.807) is 12.1 Å². The van der Waals surface area contributed by atoms with Crippen LogP contribution in [0, 0.1) is 11.6 Å². The number of fused-ring (bicyclic) bond motifs is 1.